The number of aryl methyl sites for hydroxylation is 1. The van der Waals surface area contributed by atoms with Crippen LogP contribution >= 0.6 is 0 Å². The molecule has 1 fully saturated rings. The highest BCUT2D eigenvalue weighted by atomic mass is 16.4. The molecule has 0 amide bonds. The van der Waals surface area contributed by atoms with Crippen LogP contribution in [0, 0.1) is 5.92 Å². The Bertz CT molecular complexity index is 278. The fraction of sp³-hybridized carbons (Fsp3) is 0.778. The Kier molecular flexibility index (Phi) is 2.31. The van der Waals surface area contributed by atoms with Gasteiger partial charge in [0.15, 0.2) is 0 Å². The third-order valence-electron chi connectivity index (χ3n) is 2.55. The van der Waals surface area contributed by atoms with Crippen molar-refractivity contribution in [2.45, 2.75) is 38.6 Å². The zero-order chi connectivity index (χ0) is 9.26. The Morgan fingerprint density at radius 2 is 2.08 bits per heavy atom. The monoisotopic (exact) mass is 181 g/mol. The van der Waals surface area contributed by atoms with Crippen molar-refractivity contribution in [2.75, 3.05) is 0 Å². The summed E-state index contributed by atoms with van der Waals surface area (Å²) < 4.78 is 5.41. The first-order chi connectivity index (χ1) is 6.28. The fourth-order valence-electron chi connectivity index (χ4n) is 1.71. The van der Waals surface area contributed by atoms with Crippen molar-refractivity contribution in [3.8, 4) is 0 Å². The molecular weight excluding hydrogens is 166 g/mol. The molecule has 0 bridgehead atoms. The molecule has 1 aliphatic carbocycles. The summed E-state index contributed by atoms with van der Waals surface area (Å²) >= 11 is 0. The summed E-state index contributed by atoms with van der Waals surface area (Å²) in [5.41, 5.74) is 5.69. The van der Waals surface area contributed by atoms with Crippen LogP contribution in [0.15, 0.2) is 4.42 Å². The zero-order valence-corrected chi connectivity index (χ0v) is 7.86. The maximum atomic E-state index is 5.69. The van der Waals surface area contributed by atoms with Crippen LogP contribution in [0.1, 0.15) is 31.5 Å². The molecule has 1 heterocycles. The summed E-state index contributed by atoms with van der Waals surface area (Å²) in [7, 11) is 0. The molecule has 4 nitrogen and oxygen atoms in total. The third-order valence-corrected chi connectivity index (χ3v) is 2.55. The van der Waals surface area contributed by atoms with E-state index in [-0.39, 0.29) is 0 Å². The second-order valence-electron chi connectivity index (χ2n) is 3.74. The van der Waals surface area contributed by atoms with Gasteiger partial charge >= 0.3 is 0 Å². The molecule has 2 rings (SSSR count). The number of aromatic nitrogens is 2. The van der Waals surface area contributed by atoms with E-state index in [1.807, 2.05) is 6.92 Å². The van der Waals surface area contributed by atoms with Crippen molar-refractivity contribution in [1.29, 1.82) is 0 Å². The third kappa shape index (κ3) is 1.88. The van der Waals surface area contributed by atoms with Crippen molar-refractivity contribution in [1.82, 2.24) is 10.2 Å². The van der Waals surface area contributed by atoms with Crippen molar-refractivity contribution < 1.29 is 4.42 Å². The van der Waals surface area contributed by atoms with Crippen molar-refractivity contribution >= 4 is 0 Å². The molecule has 1 aromatic heterocycles. The molecule has 1 aromatic rings. The molecule has 0 aromatic carbocycles. The lowest BCUT2D eigenvalue weighted by Crippen LogP contribution is -2.37. The summed E-state index contributed by atoms with van der Waals surface area (Å²) in [6, 6.07) is 0.401. The predicted molar refractivity (Wildman–Crippen MR) is 48.1 cm³/mol. The molecule has 0 spiro atoms. The first-order valence-electron chi connectivity index (χ1n) is 4.84. The van der Waals surface area contributed by atoms with Crippen LogP contribution in [0.4, 0.5) is 0 Å². The van der Waals surface area contributed by atoms with Gasteiger partial charge in [-0.1, -0.05) is 6.92 Å². The van der Waals surface area contributed by atoms with Gasteiger partial charge in [0.05, 0.1) is 0 Å². The van der Waals surface area contributed by atoms with Gasteiger partial charge in [-0.3, -0.25) is 0 Å². The van der Waals surface area contributed by atoms with E-state index in [9.17, 15) is 0 Å². The topological polar surface area (TPSA) is 64.9 Å². The molecule has 0 radical (unpaired) electrons. The van der Waals surface area contributed by atoms with Gasteiger partial charge < -0.3 is 10.2 Å². The van der Waals surface area contributed by atoms with Gasteiger partial charge in [0.1, 0.15) is 0 Å². The second kappa shape index (κ2) is 3.46. The predicted octanol–water partition coefficient (Wildman–Crippen LogP) is 0.912. The molecule has 0 unspecified atom stereocenters. The Labute approximate surface area is 77.5 Å². The highest BCUT2D eigenvalue weighted by molar-refractivity contribution is 4.90. The van der Waals surface area contributed by atoms with Crippen LogP contribution < -0.4 is 5.73 Å². The summed E-state index contributed by atoms with van der Waals surface area (Å²) in [5.74, 6) is 2.17. The Morgan fingerprint density at radius 1 is 1.38 bits per heavy atom. The maximum absolute atomic E-state index is 5.69. The molecule has 0 saturated heterocycles. The van der Waals surface area contributed by atoms with Gasteiger partial charge in [-0.25, -0.2) is 0 Å². The smallest absolute Gasteiger partial charge is 0.216 e. The van der Waals surface area contributed by atoms with Crippen LogP contribution in [0.5, 0.6) is 0 Å². The minimum Gasteiger partial charge on any atom is -0.425 e. The lowest BCUT2D eigenvalue weighted by molar-refractivity contribution is 0.246. The van der Waals surface area contributed by atoms with Gasteiger partial charge in [-0.2, -0.15) is 0 Å². The number of rotatable bonds is 3. The molecule has 1 aliphatic rings. The summed E-state index contributed by atoms with van der Waals surface area (Å²) in [6.07, 6.45) is 3.92. The molecular formula is C9H15N3O. The van der Waals surface area contributed by atoms with Crippen LogP contribution in [-0.4, -0.2) is 16.2 Å². The van der Waals surface area contributed by atoms with Crippen LogP contribution in [-0.2, 0) is 12.8 Å². The van der Waals surface area contributed by atoms with Crippen molar-refractivity contribution in [3.05, 3.63) is 11.8 Å². The van der Waals surface area contributed by atoms with E-state index in [1.54, 1.807) is 0 Å². The molecule has 72 valence electrons. The standard InChI is InChI=1S/C9H15N3O/c1-2-8-11-12-9(13-8)5-6-3-7(10)4-6/h6-7H,2-5,10H2,1H3. The van der Waals surface area contributed by atoms with E-state index in [0.717, 1.165) is 37.5 Å². The van der Waals surface area contributed by atoms with Gasteiger partial charge in [-0.15, -0.1) is 10.2 Å². The maximum Gasteiger partial charge on any atom is 0.216 e. The minimum absolute atomic E-state index is 0.401. The summed E-state index contributed by atoms with van der Waals surface area (Å²) in [6.45, 7) is 2.01. The summed E-state index contributed by atoms with van der Waals surface area (Å²) in [4.78, 5) is 0. The van der Waals surface area contributed by atoms with E-state index in [0.29, 0.717) is 12.0 Å². The number of hydrogen-bond acceptors (Lipinski definition) is 4. The lowest BCUT2D eigenvalue weighted by Gasteiger charge is -2.31. The van der Waals surface area contributed by atoms with E-state index >= 15 is 0 Å². The van der Waals surface area contributed by atoms with Gasteiger partial charge in [0.25, 0.3) is 0 Å². The molecule has 4 heteroatoms. The van der Waals surface area contributed by atoms with Gasteiger partial charge in [0, 0.05) is 18.9 Å². The highest BCUT2D eigenvalue weighted by Crippen LogP contribution is 2.28. The average molecular weight is 181 g/mol. The summed E-state index contributed by atoms with van der Waals surface area (Å²) in [5, 5.41) is 7.89. The Hall–Kier alpha value is -0.900. The molecule has 13 heavy (non-hydrogen) atoms. The van der Waals surface area contributed by atoms with Crippen LogP contribution in [0.3, 0.4) is 0 Å². The lowest BCUT2D eigenvalue weighted by atomic mass is 9.79. The van der Waals surface area contributed by atoms with Gasteiger partial charge in [0.2, 0.25) is 11.8 Å². The average Bonchev–Trinajstić information content (AvgIpc) is 2.50. The Balaban J connectivity index is 1.87. The fourth-order valence-corrected chi connectivity index (χ4v) is 1.71. The zero-order valence-electron chi connectivity index (χ0n) is 7.86. The molecule has 1 saturated carbocycles. The SMILES string of the molecule is CCc1nnc(CC2CC(N)C2)o1. The number of hydrogen-bond donors (Lipinski definition) is 1. The molecule has 0 aliphatic heterocycles. The normalized spacial score (nSPS) is 27.2. The van der Waals surface area contributed by atoms with Gasteiger partial charge in [-0.05, 0) is 18.8 Å². The number of nitrogens with zero attached hydrogens (tertiary/aromatic N) is 2. The van der Waals surface area contributed by atoms with Crippen molar-refractivity contribution in [3.63, 3.8) is 0 Å². The van der Waals surface area contributed by atoms with E-state index in [2.05, 4.69) is 10.2 Å². The highest BCUT2D eigenvalue weighted by Gasteiger charge is 2.27. The molecule has 2 N–H and O–H groups in total. The quantitative estimate of drug-likeness (QED) is 0.752. The first kappa shape index (κ1) is 8.69. The van der Waals surface area contributed by atoms with E-state index in [1.165, 1.54) is 0 Å². The van der Waals surface area contributed by atoms with Crippen molar-refractivity contribution in [2.24, 2.45) is 11.7 Å². The largest absolute Gasteiger partial charge is 0.425 e. The van der Waals surface area contributed by atoms with Crippen LogP contribution in [0.25, 0.3) is 0 Å². The minimum atomic E-state index is 0.401. The van der Waals surface area contributed by atoms with E-state index in [4.69, 9.17) is 10.2 Å². The van der Waals surface area contributed by atoms with Crippen LogP contribution in [0.2, 0.25) is 0 Å². The molecule has 0 atom stereocenters. The number of nitrogens with two attached hydrogens (primary N) is 1. The van der Waals surface area contributed by atoms with E-state index < -0.39 is 0 Å². The second-order valence-corrected chi connectivity index (χ2v) is 3.74. The first-order valence-corrected chi connectivity index (χ1v) is 4.84. The Morgan fingerprint density at radius 3 is 2.62 bits per heavy atom.